The number of aromatic nitrogens is 2. The van der Waals surface area contributed by atoms with Crippen molar-refractivity contribution in [1.29, 1.82) is 0 Å². The van der Waals surface area contributed by atoms with Crippen LogP contribution in [0.4, 0.5) is 0 Å². The summed E-state index contributed by atoms with van der Waals surface area (Å²) in [5.74, 6) is 0. The van der Waals surface area contributed by atoms with Gasteiger partial charge in [-0.15, -0.1) is 0 Å². The second-order valence-electron chi connectivity index (χ2n) is 1.74. The summed E-state index contributed by atoms with van der Waals surface area (Å²) in [5.41, 5.74) is 0. The Hall–Kier alpha value is -0.167. The van der Waals surface area contributed by atoms with E-state index < -0.39 is 0 Å². The first-order valence-corrected chi connectivity index (χ1v) is 2.26. The predicted octanol–water partition coefficient (Wildman–Crippen LogP) is -0.153. The molecule has 0 aliphatic heterocycles. The van der Waals surface area contributed by atoms with Gasteiger partial charge in [-0.2, -0.15) is 0 Å². The number of rotatable bonds is 0. The van der Waals surface area contributed by atoms with Gasteiger partial charge in [-0.1, -0.05) is 0 Å². The summed E-state index contributed by atoms with van der Waals surface area (Å²) < 4.78 is 4.00. The summed E-state index contributed by atoms with van der Waals surface area (Å²) in [6, 6.07) is 0. The van der Waals surface area contributed by atoms with E-state index in [1.54, 1.807) is 0 Å². The Morgan fingerprint density at radius 2 is 2.12 bits per heavy atom. The van der Waals surface area contributed by atoms with E-state index in [9.17, 15) is 0 Å². The third-order valence-electron chi connectivity index (χ3n) is 0.901. The van der Waals surface area contributed by atoms with Crippen LogP contribution in [0.25, 0.3) is 0 Å². The normalized spacial score (nSPS) is 8.25. The molecule has 1 heterocycles. The maximum absolute atomic E-state index is 2.00. The van der Waals surface area contributed by atoms with Crippen molar-refractivity contribution in [3.63, 3.8) is 0 Å². The van der Waals surface area contributed by atoms with Gasteiger partial charge in [-0.3, -0.25) is 0 Å². The summed E-state index contributed by atoms with van der Waals surface area (Å²) >= 11 is 0. The maximum atomic E-state index is 2.00. The van der Waals surface area contributed by atoms with Crippen molar-refractivity contribution in [3.8, 4) is 0 Å². The summed E-state index contributed by atoms with van der Waals surface area (Å²) in [7, 11) is 4.00. The minimum absolute atomic E-state index is 0. The molecule has 1 aromatic rings. The molecule has 0 amide bonds. The summed E-state index contributed by atoms with van der Waals surface area (Å²) in [6.45, 7) is 0. The molecule has 1 radical (unpaired) electrons. The molecule has 0 unspecified atom stereocenters. The minimum atomic E-state index is 0. The van der Waals surface area contributed by atoms with Crippen molar-refractivity contribution in [3.05, 3.63) is 18.7 Å². The Morgan fingerprint density at radius 3 is 2.25 bits per heavy atom. The van der Waals surface area contributed by atoms with Crippen molar-refractivity contribution < 1.29 is 24.0 Å². The summed E-state index contributed by atoms with van der Waals surface area (Å²) in [4.78, 5) is 0. The number of nitrogens with zero attached hydrogens (tertiary/aromatic N) is 2. The number of aryl methyl sites for hydroxylation is 2. The quantitative estimate of drug-likeness (QED) is 0.405. The monoisotopic (exact) mass is 199 g/mol. The van der Waals surface area contributed by atoms with Gasteiger partial charge in [0.05, 0.1) is 14.1 Å². The predicted molar refractivity (Wildman–Crippen MR) is 26.6 cm³/mol. The molecule has 0 bridgehead atoms. The second kappa shape index (κ2) is 2.98. The molecule has 0 aromatic carbocycles. The van der Waals surface area contributed by atoms with Crippen LogP contribution in [0.15, 0.2) is 18.7 Å². The van der Waals surface area contributed by atoms with Crippen molar-refractivity contribution in [2.24, 2.45) is 14.1 Å². The Labute approximate surface area is 61.9 Å². The summed E-state index contributed by atoms with van der Waals surface area (Å²) in [6.07, 6.45) is 6.00. The first kappa shape index (κ1) is 7.83. The van der Waals surface area contributed by atoms with Gasteiger partial charge >= 0.3 is 19.5 Å². The topological polar surface area (TPSA) is 8.81 Å². The van der Waals surface area contributed by atoms with E-state index in [0.29, 0.717) is 0 Å². The molecule has 0 aliphatic carbocycles. The van der Waals surface area contributed by atoms with Crippen LogP contribution in [0.3, 0.4) is 0 Å². The summed E-state index contributed by atoms with van der Waals surface area (Å²) in [5, 5.41) is 0. The molecular weight excluding hydrogens is 189 g/mol. The van der Waals surface area contributed by atoms with Gasteiger partial charge in [0.15, 0.2) is 0 Å². The molecule has 1 aromatic heterocycles. The van der Waals surface area contributed by atoms with E-state index in [1.807, 2.05) is 42.0 Å². The first-order valence-electron chi connectivity index (χ1n) is 2.26. The van der Waals surface area contributed by atoms with E-state index in [2.05, 4.69) is 0 Å². The van der Waals surface area contributed by atoms with Gasteiger partial charge in [0.2, 0.25) is 6.33 Å². The van der Waals surface area contributed by atoms with Crippen molar-refractivity contribution >= 4 is 0 Å². The van der Waals surface area contributed by atoms with E-state index in [-0.39, 0.29) is 19.5 Å². The molecule has 0 aliphatic rings. The van der Waals surface area contributed by atoms with Crippen molar-refractivity contribution in [2.45, 2.75) is 0 Å². The zero-order valence-electron chi connectivity index (χ0n) is 4.98. The number of imidazole rings is 1. The smallest absolute Gasteiger partial charge is 0.240 e. The molecule has 0 N–H and O–H groups in total. The largest absolute Gasteiger partial charge is 3.00 e. The van der Waals surface area contributed by atoms with Gasteiger partial charge in [0, 0.05) is 0 Å². The van der Waals surface area contributed by atoms with Crippen molar-refractivity contribution in [2.75, 3.05) is 0 Å². The average molecular weight is 198 g/mol. The van der Waals surface area contributed by atoms with Gasteiger partial charge in [0.25, 0.3) is 0 Å². The van der Waals surface area contributed by atoms with Crippen LogP contribution in [0.2, 0.25) is 0 Å². The SMILES string of the molecule is Cn1cc[n+](C)c1.[Ru+3]. The molecule has 0 spiro atoms. The molecule has 0 atom stereocenters. The Kier molecular flexibility index (Phi) is 2.92. The molecule has 2 nitrogen and oxygen atoms in total. The van der Waals surface area contributed by atoms with E-state index in [1.165, 1.54) is 0 Å². The van der Waals surface area contributed by atoms with E-state index in [4.69, 9.17) is 0 Å². The number of hydrogen-bond acceptors (Lipinski definition) is 0. The van der Waals surface area contributed by atoms with Crippen LogP contribution < -0.4 is 4.57 Å². The van der Waals surface area contributed by atoms with E-state index in [0.717, 1.165) is 0 Å². The average Bonchev–Trinajstić information content (AvgIpc) is 1.87. The minimum Gasteiger partial charge on any atom is -0.240 e. The van der Waals surface area contributed by atoms with Gasteiger partial charge in [-0.05, 0) is 0 Å². The van der Waals surface area contributed by atoms with Gasteiger partial charge < -0.3 is 0 Å². The number of hydrogen-bond donors (Lipinski definition) is 0. The molecule has 3 heteroatoms. The fourth-order valence-corrected chi connectivity index (χ4v) is 0.575. The van der Waals surface area contributed by atoms with Crippen LogP contribution in [0.5, 0.6) is 0 Å². The Balaban J connectivity index is 0.000000490. The fraction of sp³-hybridized carbons (Fsp3) is 0.400. The van der Waals surface area contributed by atoms with Crippen LogP contribution in [0, 0.1) is 0 Å². The Morgan fingerprint density at radius 1 is 1.50 bits per heavy atom. The molecular formula is C5H9N2Ru+4. The Bertz CT molecular complexity index is 143. The fourth-order valence-electron chi connectivity index (χ4n) is 0.575. The second-order valence-corrected chi connectivity index (χ2v) is 1.74. The van der Waals surface area contributed by atoms with Crippen LogP contribution in [0.1, 0.15) is 0 Å². The molecule has 0 saturated carbocycles. The molecule has 0 fully saturated rings. The van der Waals surface area contributed by atoms with Crippen LogP contribution in [-0.4, -0.2) is 4.57 Å². The zero-order chi connectivity index (χ0) is 5.28. The molecule has 1 rings (SSSR count). The molecule has 0 saturated heterocycles. The first-order chi connectivity index (χ1) is 3.29. The third-order valence-corrected chi connectivity index (χ3v) is 0.901. The molecule has 8 heavy (non-hydrogen) atoms. The van der Waals surface area contributed by atoms with Gasteiger partial charge in [0.1, 0.15) is 12.4 Å². The van der Waals surface area contributed by atoms with E-state index >= 15 is 0 Å². The van der Waals surface area contributed by atoms with Crippen LogP contribution in [-0.2, 0) is 33.6 Å². The molecule has 43 valence electrons. The maximum Gasteiger partial charge on any atom is 3.00 e. The van der Waals surface area contributed by atoms with Crippen LogP contribution >= 0.6 is 0 Å². The zero-order valence-corrected chi connectivity index (χ0v) is 6.72. The van der Waals surface area contributed by atoms with Crippen molar-refractivity contribution in [1.82, 2.24) is 4.57 Å². The standard InChI is InChI=1S/C5H9N2.Ru/c1-6-3-4-7(2)5-6;/h3-5H,1-2H3;/q+1;+3. The third kappa shape index (κ3) is 1.75. The van der Waals surface area contributed by atoms with Gasteiger partial charge in [-0.25, -0.2) is 9.13 Å².